The van der Waals surface area contributed by atoms with Crippen LogP contribution in [0, 0.1) is 6.92 Å². The Bertz CT molecular complexity index is 2090. The van der Waals surface area contributed by atoms with Gasteiger partial charge in [0, 0.05) is 38.1 Å². The molecule has 0 bridgehead atoms. The van der Waals surface area contributed by atoms with Crippen molar-refractivity contribution in [3.05, 3.63) is 80.3 Å². The Balaban J connectivity index is 1.23. The minimum atomic E-state index is -4.52. The first-order valence-corrected chi connectivity index (χ1v) is 16.0. The fraction of sp³-hybridized carbons (Fsp3) is 0.375. The average Bonchev–Trinajstić information content (AvgIpc) is 3.73. The van der Waals surface area contributed by atoms with Crippen LogP contribution in [0.3, 0.4) is 0 Å². The summed E-state index contributed by atoms with van der Waals surface area (Å²) in [5.41, 5.74) is 0.751. The van der Waals surface area contributed by atoms with Crippen molar-refractivity contribution in [2.75, 3.05) is 49.6 Å². The van der Waals surface area contributed by atoms with E-state index in [1.165, 1.54) is 34.7 Å². The second-order valence-corrected chi connectivity index (χ2v) is 12.4. The van der Waals surface area contributed by atoms with E-state index < -0.39 is 40.9 Å². The van der Waals surface area contributed by atoms with Crippen LogP contribution in [0.5, 0.6) is 5.75 Å². The standard InChI is InChI=1S/C32H30ClF3N8O5/c1-17-16-19(32(34,35)36)2-3-21(17)38-28(46)23-5-4-22-25(30(48)44-31(43(22)23)39-27(40-44)18-7-14-49-15-8-18)41-10-12-42(13-11-41)29(47)24-26(45)20(33)6-9-37-24/h2-3,6-7,9,16,23,45H,4-5,8,10-15H2,1H3,(H,38,46)/t23-/m0/s1. The third-order valence-electron chi connectivity index (χ3n) is 9.06. The van der Waals surface area contributed by atoms with E-state index in [0.717, 1.165) is 17.7 Å². The van der Waals surface area contributed by atoms with E-state index in [4.69, 9.17) is 21.3 Å². The van der Waals surface area contributed by atoms with Crippen molar-refractivity contribution in [2.45, 2.75) is 38.4 Å². The lowest BCUT2D eigenvalue weighted by molar-refractivity contribution is -0.137. The fourth-order valence-corrected chi connectivity index (χ4v) is 6.67. The van der Waals surface area contributed by atoms with Gasteiger partial charge < -0.3 is 25.0 Å². The Morgan fingerprint density at radius 3 is 2.59 bits per heavy atom. The van der Waals surface area contributed by atoms with Crippen LogP contribution in [0.15, 0.2) is 41.3 Å². The van der Waals surface area contributed by atoms with Gasteiger partial charge in [-0.15, -0.1) is 5.10 Å². The number of fused-ring (bicyclic) bond motifs is 3. The van der Waals surface area contributed by atoms with Crippen molar-refractivity contribution in [3.63, 3.8) is 0 Å². The summed E-state index contributed by atoms with van der Waals surface area (Å²) < 4.78 is 48.1. The molecule has 3 aliphatic rings. The second-order valence-electron chi connectivity index (χ2n) is 12.0. The van der Waals surface area contributed by atoms with Gasteiger partial charge in [-0.1, -0.05) is 17.7 Å². The Labute approximate surface area is 281 Å². The molecule has 1 saturated heterocycles. The van der Waals surface area contributed by atoms with Crippen LogP contribution in [0.4, 0.5) is 24.5 Å². The molecule has 2 N–H and O–H groups in total. The fourth-order valence-electron chi connectivity index (χ4n) is 6.52. The quantitative estimate of drug-likeness (QED) is 0.317. The number of alkyl halides is 3. The minimum absolute atomic E-state index is 0.00432. The molecule has 4 aromatic rings. The number of anilines is 2. The van der Waals surface area contributed by atoms with E-state index in [1.54, 1.807) is 4.57 Å². The Morgan fingerprint density at radius 1 is 1.12 bits per heavy atom. The maximum Gasteiger partial charge on any atom is 0.416 e. The summed E-state index contributed by atoms with van der Waals surface area (Å²) in [4.78, 5) is 53.2. The number of aromatic hydroxyl groups is 1. The first kappa shape index (κ1) is 32.6. The molecule has 13 nitrogen and oxygen atoms in total. The lowest BCUT2D eigenvalue weighted by Crippen LogP contribution is -2.51. The van der Waals surface area contributed by atoms with Crippen molar-refractivity contribution >= 4 is 46.1 Å². The molecule has 0 spiro atoms. The molecule has 0 unspecified atom stereocenters. The molecule has 3 aromatic heterocycles. The number of halogens is 4. The number of carbonyl (C=O) groups excluding carboxylic acids is 2. The summed E-state index contributed by atoms with van der Waals surface area (Å²) in [7, 11) is 0. The number of hydrogen-bond acceptors (Lipinski definition) is 9. The zero-order valence-electron chi connectivity index (χ0n) is 26.1. The number of benzene rings is 1. The van der Waals surface area contributed by atoms with Crippen LogP contribution >= 0.6 is 11.6 Å². The van der Waals surface area contributed by atoms with E-state index in [-0.39, 0.29) is 53.9 Å². The molecule has 0 saturated carbocycles. The molecule has 49 heavy (non-hydrogen) atoms. The van der Waals surface area contributed by atoms with Gasteiger partial charge >= 0.3 is 6.18 Å². The number of amides is 2. The molecule has 1 fully saturated rings. The van der Waals surface area contributed by atoms with Gasteiger partial charge in [0.15, 0.2) is 17.3 Å². The monoisotopic (exact) mass is 698 g/mol. The van der Waals surface area contributed by atoms with Crippen LogP contribution in [0.2, 0.25) is 5.02 Å². The molecule has 17 heteroatoms. The van der Waals surface area contributed by atoms with Crippen LogP contribution in [0.25, 0.3) is 11.4 Å². The SMILES string of the molecule is Cc1cc(C(F)(F)F)ccc1NC(=O)[C@@H]1CCc2c(N3CCN(C(=O)c4nccc(Cl)c4O)CC3)c(=O)n3nc(C4=CCOCC4)nc3n21. The molecule has 7 rings (SSSR count). The van der Waals surface area contributed by atoms with Crippen molar-refractivity contribution in [1.82, 2.24) is 29.0 Å². The summed E-state index contributed by atoms with van der Waals surface area (Å²) in [6.45, 7) is 3.24. The van der Waals surface area contributed by atoms with E-state index in [0.29, 0.717) is 49.7 Å². The normalized spacial score (nSPS) is 18.1. The Morgan fingerprint density at radius 2 is 1.90 bits per heavy atom. The van der Waals surface area contributed by atoms with Gasteiger partial charge in [0.25, 0.3) is 11.5 Å². The van der Waals surface area contributed by atoms with Gasteiger partial charge in [0.1, 0.15) is 11.7 Å². The predicted molar refractivity (Wildman–Crippen MR) is 172 cm³/mol. The summed E-state index contributed by atoms with van der Waals surface area (Å²) in [5.74, 6) is -0.879. The molecular formula is C32H30ClF3N8O5. The van der Waals surface area contributed by atoms with Gasteiger partial charge in [-0.3, -0.25) is 19.0 Å². The van der Waals surface area contributed by atoms with Crippen LogP contribution < -0.4 is 15.8 Å². The van der Waals surface area contributed by atoms with Gasteiger partial charge in [0.05, 0.1) is 29.5 Å². The van der Waals surface area contributed by atoms with Crippen molar-refractivity contribution < 1.29 is 32.6 Å². The molecular weight excluding hydrogens is 669 g/mol. The molecule has 3 aliphatic heterocycles. The number of hydrogen-bond donors (Lipinski definition) is 2. The Kier molecular flexibility index (Phi) is 8.30. The molecule has 1 aromatic carbocycles. The summed E-state index contributed by atoms with van der Waals surface area (Å²) in [6, 6.07) is 3.65. The number of aromatic nitrogens is 5. The summed E-state index contributed by atoms with van der Waals surface area (Å²) in [5, 5.41) is 17.6. The van der Waals surface area contributed by atoms with Crippen molar-refractivity contribution in [1.29, 1.82) is 0 Å². The van der Waals surface area contributed by atoms with Gasteiger partial charge in [-0.25, -0.2) is 4.98 Å². The van der Waals surface area contributed by atoms with E-state index >= 15 is 0 Å². The number of piperazine rings is 1. The van der Waals surface area contributed by atoms with Gasteiger partial charge in [-0.05, 0) is 61.6 Å². The average molecular weight is 699 g/mol. The molecule has 1 atom stereocenters. The first-order chi connectivity index (χ1) is 23.4. The number of rotatable bonds is 5. The van der Waals surface area contributed by atoms with Gasteiger partial charge in [0.2, 0.25) is 11.7 Å². The highest BCUT2D eigenvalue weighted by atomic mass is 35.5. The maximum absolute atomic E-state index is 14.2. The van der Waals surface area contributed by atoms with E-state index in [1.807, 2.05) is 11.0 Å². The number of carbonyl (C=O) groups is 2. The molecule has 6 heterocycles. The molecule has 2 amide bonds. The summed E-state index contributed by atoms with van der Waals surface area (Å²) in [6.07, 6.45) is -0.176. The number of ether oxygens (including phenoxy) is 1. The number of nitrogens with one attached hydrogen (secondary N) is 1. The highest BCUT2D eigenvalue weighted by Gasteiger charge is 2.38. The van der Waals surface area contributed by atoms with Crippen molar-refractivity contribution in [3.8, 4) is 5.75 Å². The third kappa shape index (κ3) is 5.88. The smallest absolute Gasteiger partial charge is 0.416 e. The minimum Gasteiger partial charge on any atom is -0.504 e. The van der Waals surface area contributed by atoms with Crippen molar-refractivity contribution in [2.24, 2.45) is 0 Å². The zero-order valence-corrected chi connectivity index (χ0v) is 26.9. The number of pyridine rings is 1. The lowest BCUT2D eigenvalue weighted by Gasteiger charge is -2.36. The highest BCUT2D eigenvalue weighted by Crippen LogP contribution is 2.36. The third-order valence-corrected chi connectivity index (χ3v) is 9.36. The zero-order chi connectivity index (χ0) is 34.6. The van der Waals surface area contributed by atoms with E-state index in [2.05, 4.69) is 15.4 Å². The van der Waals surface area contributed by atoms with E-state index in [9.17, 15) is 32.7 Å². The lowest BCUT2D eigenvalue weighted by atomic mass is 10.1. The first-order valence-electron chi connectivity index (χ1n) is 15.6. The van der Waals surface area contributed by atoms with Crippen LogP contribution in [-0.4, -0.2) is 85.4 Å². The number of aryl methyl sites for hydroxylation is 1. The van der Waals surface area contributed by atoms with Gasteiger partial charge in [-0.2, -0.15) is 22.7 Å². The maximum atomic E-state index is 14.2. The summed E-state index contributed by atoms with van der Waals surface area (Å²) >= 11 is 5.98. The van der Waals surface area contributed by atoms with Crippen LogP contribution in [0.1, 0.15) is 52.0 Å². The topological polar surface area (TPSA) is 147 Å². The molecule has 0 aliphatic carbocycles. The molecule has 256 valence electrons. The largest absolute Gasteiger partial charge is 0.504 e. The Hall–Kier alpha value is -4.96. The molecule has 0 radical (unpaired) electrons. The number of nitrogens with zero attached hydrogens (tertiary/aromatic N) is 7. The predicted octanol–water partition coefficient (Wildman–Crippen LogP) is 3.86. The second kappa shape index (κ2) is 12.5. The van der Waals surface area contributed by atoms with Crippen LogP contribution in [-0.2, 0) is 22.1 Å². The highest BCUT2D eigenvalue weighted by molar-refractivity contribution is 6.32.